The first-order valence-electron chi connectivity index (χ1n) is 6.84. The highest BCUT2D eigenvalue weighted by Crippen LogP contribution is 2.31. The average Bonchev–Trinajstić information content (AvgIpc) is 2.63. The average molecular weight is 283 g/mol. The van der Waals surface area contributed by atoms with E-state index >= 15 is 0 Å². The second-order valence-electron chi connectivity index (χ2n) is 5.21. The van der Waals surface area contributed by atoms with Gasteiger partial charge in [-0.25, -0.2) is 4.98 Å². The maximum Gasteiger partial charge on any atom is 0.416 e. The van der Waals surface area contributed by atoms with E-state index in [0.717, 1.165) is 43.8 Å². The molecular formula is C14H16F3N3. The quantitative estimate of drug-likeness (QED) is 0.836. The molecule has 3 rings (SSSR count). The molecule has 1 aromatic heterocycles. The molecule has 1 aliphatic heterocycles. The second-order valence-corrected chi connectivity index (χ2v) is 5.21. The summed E-state index contributed by atoms with van der Waals surface area (Å²) in [5.74, 6) is 0.737. The van der Waals surface area contributed by atoms with Gasteiger partial charge in [-0.3, -0.25) is 0 Å². The van der Waals surface area contributed by atoms with Gasteiger partial charge >= 0.3 is 6.18 Å². The Bertz CT molecular complexity index is 595. The number of hydrogen-bond donors (Lipinski definition) is 2. The van der Waals surface area contributed by atoms with E-state index in [-0.39, 0.29) is 6.04 Å². The third kappa shape index (κ3) is 2.65. The summed E-state index contributed by atoms with van der Waals surface area (Å²) < 4.78 is 38.1. The van der Waals surface area contributed by atoms with Gasteiger partial charge in [-0.05, 0) is 37.6 Å². The summed E-state index contributed by atoms with van der Waals surface area (Å²) in [6, 6.07) is 3.74. The minimum atomic E-state index is -4.32. The molecule has 1 aromatic carbocycles. The van der Waals surface area contributed by atoms with Gasteiger partial charge in [0.25, 0.3) is 0 Å². The van der Waals surface area contributed by atoms with Gasteiger partial charge in [-0.2, -0.15) is 13.2 Å². The first-order valence-corrected chi connectivity index (χ1v) is 6.84. The normalized spacial score (nSPS) is 21.1. The Morgan fingerprint density at radius 2 is 2.00 bits per heavy atom. The van der Waals surface area contributed by atoms with Crippen molar-refractivity contribution in [2.75, 3.05) is 6.54 Å². The Morgan fingerprint density at radius 3 is 2.80 bits per heavy atom. The van der Waals surface area contributed by atoms with Crippen molar-refractivity contribution in [3.8, 4) is 0 Å². The first kappa shape index (κ1) is 13.4. The molecule has 0 radical (unpaired) electrons. The van der Waals surface area contributed by atoms with Crippen LogP contribution in [0.25, 0.3) is 11.0 Å². The molecule has 0 bridgehead atoms. The van der Waals surface area contributed by atoms with E-state index in [9.17, 15) is 13.2 Å². The van der Waals surface area contributed by atoms with E-state index in [2.05, 4.69) is 15.3 Å². The van der Waals surface area contributed by atoms with Crippen LogP contribution in [0.3, 0.4) is 0 Å². The molecule has 108 valence electrons. The number of benzene rings is 1. The smallest absolute Gasteiger partial charge is 0.341 e. The van der Waals surface area contributed by atoms with Crippen LogP contribution in [-0.2, 0) is 6.18 Å². The summed E-state index contributed by atoms with van der Waals surface area (Å²) in [5.41, 5.74) is 0.383. The molecule has 1 unspecified atom stereocenters. The van der Waals surface area contributed by atoms with Crippen LogP contribution >= 0.6 is 0 Å². The van der Waals surface area contributed by atoms with Crippen LogP contribution in [-0.4, -0.2) is 16.5 Å². The molecule has 0 aliphatic carbocycles. The number of halogens is 3. The molecule has 1 fully saturated rings. The molecule has 1 atom stereocenters. The second kappa shape index (κ2) is 5.09. The highest BCUT2D eigenvalue weighted by atomic mass is 19.4. The maximum atomic E-state index is 12.7. The molecule has 1 aliphatic rings. The van der Waals surface area contributed by atoms with Crippen molar-refractivity contribution >= 4 is 11.0 Å². The molecule has 1 saturated heterocycles. The lowest BCUT2D eigenvalue weighted by atomic mass is 10.1. The molecule has 2 heterocycles. The van der Waals surface area contributed by atoms with Crippen LogP contribution in [0.15, 0.2) is 18.2 Å². The molecule has 0 amide bonds. The highest BCUT2D eigenvalue weighted by molar-refractivity contribution is 5.76. The zero-order valence-corrected chi connectivity index (χ0v) is 10.9. The van der Waals surface area contributed by atoms with E-state index in [1.165, 1.54) is 12.5 Å². The Balaban J connectivity index is 1.93. The van der Waals surface area contributed by atoms with Gasteiger partial charge in [0.1, 0.15) is 5.82 Å². The van der Waals surface area contributed by atoms with Crippen LogP contribution in [0.1, 0.15) is 43.1 Å². The lowest BCUT2D eigenvalue weighted by molar-refractivity contribution is -0.137. The van der Waals surface area contributed by atoms with Gasteiger partial charge in [0.2, 0.25) is 0 Å². The minimum Gasteiger partial charge on any atom is -0.341 e. The monoisotopic (exact) mass is 283 g/mol. The number of imidazole rings is 1. The predicted molar refractivity (Wildman–Crippen MR) is 70.3 cm³/mol. The number of hydrogen-bond acceptors (Lipinski definition) is 2. The Morgan fingerprint density at radius 1 is 1.15 bits per heavy atom. The predicted octanol–water partition coefficient (Wildman–Crippen LogP) is 3.79. The topological polar surface area (TPSA) is 40.7 Å². The molecule has 2 N–H and O–H groups in total. The van der Waals surface area contributed by atoms with Crippen LogP contribution in [0.5, 0.6) is 0 Å². The lowest BCUT2D eigenvalue weighted by Crippen LogP contribution is -2.21. The molecule has 2 aromatic rings. The Kier molecular flexibility index (Phi) is 3.41. The lowest BCUT2D eigenvalue weighted by Gasteiger charge is -2.12. The zero-order chi connectivity index (χ0) is 14.2. The van der Waals surface area contributed by atoms with Crippen LogP contribution < -0.4 is 5.32 Å². The Labute approximate surface area is 114 Å². The van der Waals surface area contributed by atoms with Gasteiger partial charge in [0.15, 0.2) is 0 Å². The molecule has 20 heavy (non-hydrogen) atoms. The van der Waals surface area contributed by atoms with Crippen LogP contribution in [0.2, 0.25) is 0 Å². The molecule has 6 heteroatoms. The van der Waals surface area contributed by atoms with Gasteiger partial charge in [-0.15, -0.1) is 0 Å². The fraction of sp³-hybridized carbons (Fsp3) is 0.500. The van der Waals surface area contributed by atoms with Crippen molar-refractivity contribution in [3.63, 3.8) is 0 Å². The van der Waals surface area contributed by atoms with Crippen molar-refractivity contribution in [3.05, 3.63) is 29.6 Å². The highest BCUT2D eigenvalue weighted by Gasteiger charge is 2.31. The van der Waals surface area contributed by atoms with Crippen LogP contribution in [0.4, 0.5) is 13.2 Å². The third-order valence-corrected chi connectivity index (χ3v) is 3.72. The molecular weight excluding hydrogens is 267 g/mol. The number of H-pyrrole nitrogens is 1. The van der Waals surface area contributed by atoms with Gasteiger partial charge < -0.3 is 10.3 Å². The van der Waals surface area contributed by atoms with Crippen molar-refractivity contribution < 1.29 is 13.2 Å². The van der Waals surface area contributed by atoms with Gasteiger partial charge in [-0.1, -0.05) is 12.8 Å². The summed E-state index contributed by atoms with van der Waals surface area (Å²) >= 11 is 0. The summed E-state index contributed by atoms with van der Waals surface area (Å²) in [4.78, 5) is 7.45. The maximum absolute atomic E-state index is 12.7. The van der Waals surface area contributed by atoms with Crippen molar-refractivity contribution in [2.24, 2.45) is 0 Å². The summed E-state index contributed by atoms with van der Waals surface area (Å²) in [6.07, 6.45) is 0.0748. The fourth-order valence-corrected chi connectivity index (χ4v) is 2.63. The van der Waals surface area contributed by atoms with Gasteiger partial charge in [0.05, 0.1) is 22.6 Å². The van der Waals surface area contributed by atoms with Crippen LogP contribution in [0, 0.1) is 0 Å². The molecule has 0 spiro atoms. The molecule has 0 saturated carbocycles. The standard InChI is InChI=1S/C14H16F3N3/c15-14(16,17)9-5-6-10-12(8-9)20-13(19-10)11-4-2-1-3-7-18-11/h5-6,8,11,18H,1-4,7H2,(H,19,20). The van der Waals surface area contributed by atoms with Crippen molar-refractivity contribution in [2.45, 2.75) is 37.9 Å². The number of aromatic amines is 1. The molecule has 3 nitrogen and oxygen atoms in total. The van der Waals surface area contributed by atoms with Gasteiger partial charge in [0, 0.05) is 0 Å². The number of nitrogens with zero attached hydrogens (tertiary/aromatic N) is 1. The van der Waals surface area contributed by atoms with E-state index in [4.69, 9.17) is 0 Å². The van der Waals surface area contributed by atoms with E-state index in [0.29, 0.717) is 11.0 Å². The largest absolute Gasteiger partial charge is 0.416 e. The van der Waals surface area contributed by atoms with E-state index in [1.54, 1.807) is 0 Å². The first-order chi connectivity index (χ1) is 9.54. The van der Waals surface area contributed by atoms with Crippen molar-refractivity contribution in [1.29, 1.82) is 0 Å². The number of alkyl halides is 3. The summed E-state index contributed by atoms with van der Waals surface area (Å²) in [5, 5.41) is 3.39. The van der Waals surface area contributed by atoms with E-state index in [1.807, 2.05) is 0 Å². The number of aromatic nitrogens is 2. The minimum absolute atomic E-state index is 0.110. The van der Waals surface area contributed by atoms with E-state index < -0.39 is 11.7 Å². The van der Waals surface area contributed by atoms with Crippen molar-refractivity contribution in [1.82, 2.24) is 15.3 Å². The fourth-order valence-electron chi connectivity index (χ4n) is 2.63. The third-order valence-electron chi connectivity index (χ3n) is 3.72. The zero-order valence-electron chi connectivity index (χ0n) is 10.9. The number of nitrogens with one attached hydrogen (secondary N) is 2. The number of fused-ring (bicyclic) bond motifs is 1. The number of rotatable bonds is 1. The summed E-state index contributed by atoms with van der Waals surface area (Å²) in [7, 11) is 0. The summed E-state index contributed by atoms with van der Waals surface area (Å²) in [6.45, 7) is 0.926. The SMILES string of the molecule is FC(F)(F)c1ccc2nc(C3CCCCCN3)[nH]c2c1. The Hall–Kier alpha value is -1.56.